The first-order chi connectivity index (χ1) is 19.6. The molecule has 5 nitrogen and oxygen atoms in total. The third kappa shape index (κ3) is 4.43. The number of hydrogen-bond donors (Lipinski definition) is 1. The van der Waals surface area contributed by atoms with E-state index in [9.17, 15) is 5.11 Å². The maximum absolute atomic E-state index is 11.3. The average Bonchev–Trinajstić information content (AvgIpc) is 3.73. The molecule has 2 saturated carbocycles. The molecule has 1 N–H and O–H groups in total. The molecule has 5 atom stereocenters. The highest BCUT2D eigenvalue weighted by atomic mass is 16.5. The predicted octanol–water partition coefficient (Wildman–Crippen LogP) is 6.34. The molecule has 0 aromatic heterocycles. The topological polar surface area (TPSA) is 45.2 Å². The number of benzene rings is 2. The van der Waals surface area contributed by atoms with Crippen molar-refractivity contribution in [3.05, 3.63) is 53.1 Å². The maximum Gasteiger partial charge on any atom is 0.166 e. The first kappa shape index (κ1) is 26.6. The second-order valence-electron chi connectivity index (χ2n) is 13.3. The number of methoxy groups -OCH3 is 1. The van der Waals surface area contributed by atoms with Crippen LogP contribution in [0.2, 0.25) is 0 Å². The number of rotatable bonds is 12. The van der Waals surface area contributed by atoms with Crippen LogP contribution >= 0.6 is 0 Å². The van der Waals surface area contributed by atoms with Crippen molar-refractivity contribution in [2.45, 2.75) is 101 Å². The van der Waals surface area contributed by atoms with Crippen molar-refractivity contribution in [1.82, 2.24) is 9.80 Å². The number of unbranched alkanes of at least 4 members (excludes halogenated alkanes) is 3. The number of aromatic hydroxyl groups is 1. The van der Waals surface area contributed by atoms with Crippen LogP contribution in [0.15, 0.2) is 36.4 Å². The normalized spacial score (nSPS) is 30.3. The Balaban J connectivity index is 1.10. The highest BCUT2D eigenvalue weighted by molar-refractivity contribution is 5.65. The minimum atomic E-state index is 0.00563. The van der Waals surface area contributed by atoms with E-state index >= 15 is 0 Å². The lowest BCUT2D eigenvalue weighted by atomic mass is 9.50. The minimum absolute atomic E-state index is 0.00563. The number of piperidine rings is 1. The summed E-state index contributed by atoms with van der Waals surface area (Å²) in [5, 5.41) is 11.3. The summed E-state index contributed by atoms with van der Waals surface area (Å²) in [6.07, 6.45) is 13.8. The quantitative estimate of drug-likeness (QED) is 0.316. The van der Waals surface area contributed by atoms with E-state index in [1.807, 2.05) is 6.07 Å². The van der Waals surface area contributed by atoms with Gasteiger partial charge in [0.25, 0.3) is 0 Å². The Morgan fingerprint density at radius 2 is 1.90 bits per heavy atom. The zero-order chi connectivity index (χ0) is 27.3. The Morgan fingerprint density at radius 1 is 1.07 bits per heavy atom. The Morgan fingerprint density at radius 3 is 2.67 bits per heavy atom. The van der Waals surface area contributed by atoms with Crippen molar-refractivity contribution in [2.75, 3.05) is 33.3 Å². The standard InChI is InChI=1S/C35H48N2O3/c1-3-36(19-10-5-4-7-11-24-12-8-6-9-13-24)28-17-16-27-29-21-26-30(38)22-31(39-2)33-32(26)35(27,34(28)40-33)18-20-37(29)23-25-14-15-25/h6,8-9,12-13,22,25,27-29,34,38H,3-5,7,10-11,14-21,23H2,1-2H3/t27-,28+,29+,34-,35-/m0/s1. The molecule has 2 heterocycles. The van der Waals surface area contributed by atoms with Crippen LogP contribution in [-0.2, 0) is 18.3 Å². The Bertz CT molecular complexity index is 1200. The molecule has 216 valence electrons. The molecule has 3 aliphatic carbocycles. The summed E-state index contributed by atoms with van der Waals surface area (Å²) in [6, 6.07) is 13.7. The van der Waals surface area contributed by atoms with Crippen LogP contribution in [0.1, 0.15) is 81.4 Å². The van der Waals surface area contributed by atoms with E-state index in [0.717, 1.165) is 55.5 Å². The van der Waals surface area contributed by atoms with Gasteiger partial charge >= 0.3 is 0 Å². The summed E-state index contributed by atoms with van der Waals surface area (Å²) in [5.41, 5.74) is 3.94. The third-order valence-corrected chi connectivity index (χ3v) is 11.3. The van der Waals surface area contributed by atoms with Gasteiger partial charge < -0.3 is 14.6 Å². The van der Waals surface area contributed by atoms with Gasteiger partial charge in [-0.1, -0.05) is 50.1 Å². The SMILES string of the molecule is CCN(CCCCCCc1ccccc1)[C@@H]1CC[C@H]2[C@H]3Cc4c(O)cc(OC)c5c4[C@@]2(CCN3CC2CC2)[C@H]1O5. The van der Waals surface area contributed by atoms with Crippen molar-refractivity contribution in [1.29, 1.82) is 0 Å². The van der Waals surface area contributed by atoms with E-state index in [0.29, 0.717) is 23.8 Å². The molecule has 5 heteroatoms. The van der Waals surface area contributed by atoms with Crippen molar-refractivity contribution < 1.29 is 14.6 Å². The smallest absolute Gasteiger partial charge is 0.166 e. The Kier molecular flexibility index (Phi) is 7.24. The maximum atomic E-state index is 11.3. The summed E-state index contributed by atoms with van der Waals surface area (Å²) >= 11 is 0. The molecule has 2 bridgehead atoms. The molecule has 5 aliphatic rings. The van der Waals surface area contributed by atoms with Gasteiger partial charge in [0.1, 0.15) is 11.9 Å². The second kappa shape index (κ2) is 10.9. The van der Waals surface area contributed by atoms with E-state index in [-0.39, 0.29) is 11.5 Å². The number of phenolic OH excluding ortho intramolecular Hbond substituents is 1. The summed E-state index contributed by atoms with van der Waals surface area (Å²) in [7, 11) is 1.72. The van der Waals surface area contributed by atoms with Gasteiger partial charge in [-0.25, -0.2) is 0 Å². The molecule has 7 rings (SSSR count). The van der Waals surface area contributed by atoms with Gasteiger partial charge in [-0.05, 0) is 94.8 Å². The molecule has 0 radical (unpaired) electrons. The number of aryl methyl sites for hydroxylation is 1. The highest BCUT2D eigenvalue weighted by Crippen LogP contribution is 2.65. The summed E-state index contributed by atoms with van der Waals surface area (Å²) < 4.78 is 12.9. The lowest BCUT2D eigenvalue weighted by molar-refractivity contribution is -0.0889. The van der Waals surface area contributed by atoms with Crippen molar-refractivity contribution in [3.63, 3.8) is 0 Å². The van der Waals surface area contributed by atoms with Crippen LogP contribution in [0.25, 0.3) is 0 Å². The third-order valence-electron chi connectivity index (χ3n) is 11.3. The molecule has 40 heavy (non-hydrogen) atoms. The first-order valence-corrected chi connectivity index (χ1v) is 16.3. The van der Waals surface area contributed by atoms with Gasteiger partial charge in [0, 0.05) is 41.2 Å². The number of likely N-dealkylation sites (N-methyl/N-ethyl adjacent to an activating group) is 1. The second-order valence-corrected chi connectivity index (χ2v) is 13.3. The van der Waals surface area contributed by atoms with E-state index in [4.69, 9.17) is 9.47 Å². The highest BCUT2D eigenvalue weighted by Gasteiger charge is 2.66. The fourth-order valence-electron chi connectivity index (χ4n) is 9.24. The molecule has 0 unspecified atom stereocenters. The minimum Gasteiger partial charge on any atom is -0.508 e. The lowest BCUT2D eigenvalue weighted by Crippen LogP contribution is -2.69. The zero-order valence-corrected chi connectivity index (χ0v) is 24.6. The van der Waals surface area contributed by atoms with Crippen LogP contribution < -0.4 is 9.47 Å². The number of nitrogens with zero attached hydrogens (tertiary/aromatic N) is 2. The number of phenols is 1. The monoisotopic (exact) mass is 544 g/mol. The Hall–Kier alpha value is -2.24. The van der Waals surface area contributed by atoms with Crippen molar-refractivity contribution >= 4 is 0 Å². The van der Waals surface area contributed by atoms with Gasteiger partial charge in [-0.2, -0.15) is 0 Å². The molecule has 2 aromatic carbocycles. The lowest BCUT2D eigenvalue weighted by Gasteiger charge is -2.60. The van der Waals surface area contributed by atoms with Gasteiger partial charge in [-0.3, -0.25) is 9.80 Å². The summed E-state index contributed by atoms with van der Waals surface area (Å²) in [4.78, 5) is 5.55. The van der Waals surface area contributed by atoms with Gasteiger partial charge in [0.15, 0.2) is 11.5 Å². The number of hydrogen-bond acceptors (Lipinski definition) is 5. The zero-order valence-electron chi connectivity index (χ0n) is 24.6. The van der Waals surface area contributed by atoms with E-state index in [2.05, 4.69) is 47.1 Å². The fraction of sp³-hybridized carbons (Fsp3) is 0.657. The molecule has 2 aliphatic heterocycles. The van der Waals surface area contributed by atoms with Crippen molar-refractivity contribution in [3.8, 4) is 17.2 Å². The number of ether oxygens (including phenoxy) is 2. The average molecular weight is 545 g/mol. The summed E-state index contributed by atoms with van der Waals surface area (Å²) in [6.45, 7) is 6.96. The molecule has 1 spiro atoms. The first-order valence-electron chi connectivity index (χ1n) is 16.3. The molecular formula is C35H48N2O3. The van der Waals surface area contributed by atoms with E-state index < -0.39 is 0 Å². The molecule has 3 fully saturated rings. The predicted molar refractivity (Wildman–Crippen MR) is 160 cm³/mol. The van der Waals surface area contributed by atoms with Gasteiger partial charge in [0.2, 0.25) is 0 Å². The molecular weight excluding hydrogens is 496 g/mol. The van der Waals surface area contributed by atoms with E-state index in [1.54, 1.807) is 7.11 Å². The van der Waals surface area contributed by atoms with Crippen LogP contribution in [0.3, 0.4) is 0 Å². The van der Waals surface area contributed by atoms with E-state index in [1.165, 1.54) is 75.5 Å². The number of likely N-dealkylation sites (tertiary alicyclic amines) is 1. The van der Waals surface area contributed by atoms with Gasteiger partial charge in [-0.15, -0.1) is 0 Å². The van der Waals surface area contributed by atoms with Crippen LogP contribution in [0.4, 0.5) is 0 Å². The fourth-order valence-corrected chi connectivity index (χ4v) is 9.24. The molecule has 0 amide bonds. The molecule has 2 aromatic rings. The largest absolute Gasteiger partial charge is 0.508 e. The molecule has 1 saturated heterocycles. The van der Waals surface area contributed by atoms with Crippen LogP contribution in [0.5, 0.6) is 17.2 Å². The van der Waals surface area contributed by atoms with Gasteiger partial charge in [0.05, 0.1) is 7.11 Å². The van der Waals surface area contributed by atoms with Crippen LogP contribution in [-0.4, -0.2) is 66.4 Å². The summed E-state index contributed by atoms with van der Waals surface area (Å²) in [5.74, 6) is 3.59. The Labute approximate surface area is 240 Å². The van der Waals surface area contributed by atoms with Crippen molar-refractivity contribution in [2.24, 2.45) is 11.8 Å². The van der Waals surface area contributed by atoms with Crippen LogP contribution in [0, 0.1) is 11.8 Å².